The molecule has 0 N–H and O–H groups in total. The normalized spacial score (nSPS) is 11.9. The first-order chi connectivity index (χ1) is 15.6. The predicted molar refractivity (Wildman–Crippen MR) is 120 cm³/mol. The largest absolute Gasteiger partial charge is 0.497 e. The molecule has 3 aromatic carbocycles. The maximum absolute atomic E-state index is 12.5. The van der Waals surface area contributed by atoms with Crippen LogP contribution < -0.4 is 4.74 Å². The molecule has 0 atom stereocenters. The van der Waals surface area contributed by atoms with Crippen molar-refractivity contribution in [2.45, 2.75) is 12.5 Å². The van der Waals surface area contributed by atoms with Crippen LogP contribution in [-0.4, -0.2) is 44.3 Å². The van der Waals surface area contributed by atoms with Gasteiger partial charge in [-0.2, -0.15) is 0 Å². The fourth-order valence-electron chi connectivity index (χ4n) is 3.89. The molecule has 0 aliphatic heterocycles. The van der Waals surface area contributed by atoms with Crippen LogP contribution >= 0.6 is 0 Å². The lowest BCUT2D eigenvalue weighted by molar-refractivity contribution is -0.145. The van der Waals surface area contributed by atoms with Crippen LogP contribution in [0.15, 0.2) is 72.8 Å². The lowest BCUT2D eigenvalue weighted by atomic mass is 9.98. The predicted octanol–water partition coefficient (Wildman–Crippen LogP) is 4.62. The zero-order valence-electron chi connectivity index (χ0n) is 18.1. The van der Waals surface area contributed by atoms with Crippen LogP contribution in [0.25, 0.3) is 11.1 Å². The van der Waals surface area contributed by atoms with Crippen LogP contribution in [0.4, 0.5) is 4.79 Å². The van der Waals surface area contributed by atoms with Crippen LogP contribution in [0.3, 0.4) is 0 Å². The number of rotatable bonds is 7. The molecular formula is C26H25NO5. The molecule has 4 rings (SSSR count). The summed E-state index contributed by atoms with van der Waals surface area (Å²) < 4.78 is 15.9. The number of benzene rings is 3. The average molecular weight is 431 g/mol. The van der Waals surface area contributed by atoms with Gasteiger partial charge in [0, 0.05) is 13.0 Å². The lowest BCUT2D eigenvalue weighted by Crippen LogP contribution is -2.34. The summed E-state index contributed by atoms with van der Waals surface area (Å²) in [7, 11) is 3.11. The van der Waals surface area contributed by atoms with Crippen LogP contribution in [0, 0.1) is 0 Å². The zero-order chi connectivity index (χ0) is 22.5. The molecule has 0 fully saturated rings. The molecule has 6 nitrogen and oxygen atoms in total. The topological polar surface area (TPSA) is 65.1 Å². The lowest BCUT2D eigenvalue weighted by Gasteiger charge is -2.19. The molecule has 0 spiro atoms. The Labute approximate surface area is 187 Å². The molecular weight excluding hydrogens is 406 g/mol. The Kier molecular flexibility index (Phi) is 6.40. The van der Waals surface area contributed by atoms with Gasteiger partial charge in [-0.15, -0.1) is 0 Å². The number of esters is 1. The molecule has 1 amide bonds. The van der Waals surface area contributed by atoms with E-state index in [0.29, 0.717) is 0 Å². The third-order valence-electron chi connectivity index (χ3n) is 5.57. The highest BCUT2D eigenvalue weighted by Crippen LogP contribution is 2.44. The average Bonchev–Trinajstić information content (AvgIpc) is 3.15. The van der Waals surface area contributed by atoms with Crippen LogP contribution in [0.5, 0.6) is 5.75 Å². The summed E-state index contributed by atoms with van der Waals surface area (Å²) in [6.45, 7) is 0.145. The van der Waals surface area contributed by atoms with E-state index in [2.05, 4.69) is 24.3 Å². The van der Waals surface area contributed by atoms with Crippen molar-refractivity contribution < 1.29 is 23.8 Å². The summed E-state index contributed by atoms with van der Waals surface area (Å²) in [4.78, 5) is 25.9. The fraction of sp³-hybridized carbons (Fsp3) is 0.231. The molecule has 1 aliphatic rings. The van der Waals surface area contributed by atoms with E-state index in [4.69, 9.17) is 14.2 Å². The number of hydrogen-bond acceptors (Lipinski definition) is 5. The Morgan fingerprint density at radius 1 is 0.844 bits per heavy atom. The number of likely N-dealkylation sites (N-methyl/N-ethyl adjacent to an activating group) is 1. The molecule has 164 valence electrons. The highest BCUT2D eigenvalue weighted by atomic mass is 16.6. The minimum Gasteiger partial charge on any atom is -0.497 e. The molecule has 0 bridgehead atoms. The Morgan fingerprint density at radius 3 is 2.03 bits per heavy atom. The maximum atomic E-state index is 12.5. The fourth-order valence-corrected chi connectivity index (χ4v) is 3.89. The summed E-state index contributed by atoms with van der Waals surface area (Å²) in [6, 6.07) is 23.5. The first-order valence-corrected chi connectivity index (χ1v) is 10.4. The molecule has 0 saturated carbocycles. The number of fused-ring (bicyclic) bond motifs is 3. The third kappa shape index (κ3) is 4.59. The van der Waals surface area contributed by atoms with Gasteiger partial charge in [0.05, 0.1) is 7.11 Å². The Bertz CT molecular complexity index is 1060. The number of amides is 1. The quantitative estimate of drug-likeness (QED) is 0.511. The molecule has 32 heavy (non-hydrogen) atoms. The van der Waals surface area contributed by atoms with Gasteiger partial charge in [0.1, 0.15) is 25.5 Å². The van der Waals surface area contributed by atoms with Crippen LogP contribution in [0.1, 0.15) is 22.6 Å². The minimum atomic E-state index is -0.562. The van der Waals surface area contributed by atoms with E-state index in [1.54, 1.807) is 19.2 Å². The summed E-state index contributed by atoms with van der Waals surface area (Å²) in [5, 5.41) is 0. The van der Waals surface area contributed by atoms with E-state index in [9.17, 15) is 9.59 Å². The number of carbonyl (C=O) groups excluding carboxylic acids is 2. The molecule has 1 aliphatic carbocycles. The van der Waals surface area contributed by atoms with Crippen molar-refractivity contribution in [3.05, 3.63) is 89.5 Å². The van der Waals surface area contributed by atoms with E-state index in [-0.39, 0.29) is 25.7 Å². The van der Waals surface area contributed by atoms with Crippen molar-refractivity contribution in [3.63, 3.8) is 0 Å². The van der Waals surface area contributed by atoms with Crippen molar-refractivity contribution in [1.29, 1.82) is 0 Å². The molecule has 0 radical (unpaired) electrons. The number of nitrogens with zero attached hydrogens (tertiary/aromatic N) is 1. The van der Waals surface area contributed by atoms with Crippen molar-refractivity contribution >= 4 is 12.1 Å². The number of carbonyl (C=O) groups is 2. The summed E-state index contributed by atoms with van der Waals surface area (Å²) in [5.74, 6) is 0.202. The number of hydrogen-bond donors (Lipinski definition) is 0. The van der Waals surface area contributed by atoms with Crippen molar-refractivity contribution in [2.24, 2.45) is 0 Å². The van der Waals surface area contributed by atoms with Gasteiger partial charge in [0.2, 0.25) is 0 Å². The van der Waals surface area contributed by atoms with E-state index >= 15 is 0 Å². The zero-order valence-corrected chi connectivity index (χ0v) is 18.1. The van der Waals surface area contributed by atoms with E-state index in [1.165, 1.54) is 23.1 Å². The van der Waals surface area contributed by atoms with Gasteiger partial charge >= 0.3 is 12.1 Å². The smallest absolute Gasteiger partial charge is 0.410 e. The van der Waals surface area contributed by atoms with Crippen molar-refractivity contribution in [3.8, 4) is 16.9 Å². The monoisotopic (exact) mass is 431 g/mol. The minimum absolute atomic E-state index is 0.0261. The molecule has 3 aromatic rings. The Morgan fingerprint density at radius 2 is 1.44 bits per heavy atom. The number of methoxy groups -OCH3 is 1. The Hall–Kier alpha value is -3.80. The van der Waals surface area contributed by atoms with Gasteiger partial charge in [-0.3, -0.25) is 4.79 Å². The second kappa shape index (κ2) is 9.56. The van der Waals surface area contributed by atoms with Gasteiger partial charge in [-0.1, -0.05) is 60.7 Å². The van der Waals surface area contributed by atoms with Crippen molar-refractivity contribution in [2.75, 3.05) is 27.3 Å². The highest BCUT2D eigenvalue weighted by molar-refractivity contribution is 5.80. The molecule has 0 unspecified atom stereocenters. The van der Waals surface area contributed by atoms with Gasteiger partial charge in [-0.25, -0.2) is 4.79 Å². The second-order valence-corrected chi connectivity index (χ2v) is 7.67. The molecule has 0 aromatic heterocycles. The molecule has 0 heterocycles. The Balaban J connectivity index is 1.30. The van der Waals surface area contributed by atoms with E-state index < -0.39 is 12.1 Å². The summed E-state index contributed by atoms with van der Waals surface area (Å²) in [6.07, 6.45) is -0.562. The highest BCUT2D eigenvalue weighted by Gasteiger charge is 2.29. The summed E-state index contributed by atoms with van der Waals surface area (Å²) in [5.41, 5.74) is 5.45. The van der Waals surface area contributed by atoms with Gasteiger partial charge in [0.25, 0.3) is 0 Å². The maximum Gasteiger partial charge on any atom is 0.410 e. The SMILES string of the molecule is COc1ccc(COC(=O)CN(C)C(=O)OCC2c3ccccc3-c3ccccc32)cc1. The van der Waals surface area contributed by atoms with Crippen molar-refractivity contribution in [1.82, 2.24) is 4.90 Å². The van der Waals surface area contributed by atoms with Gasteiger partial charge < -0.3 is 19.1 Å². The summed E-state index contributed by atoms with van der Waals surface area (Å²) >= 11 is 0. The number of ether oxygens (including phenoxy) is 3. The van der Waals surface area contributed by atoms with Gasteiger partial charge in [-0.05, 0) is 39.9 Å². The molecule has 0 saturated heterocycles. The third-order valence-corrected chi connectivity index (χ3v) is 5.57. The first-order valence-electron chi connectivity index (χ1n) is 10.4. The first kappa shape index (κ1) is 21.4. The van der Waals surface area contributed by atoms with Crippen LogP contribution in [0.2, 0.25) is 0 Å². The van der Waals surface area contributed by atoms with E-state index in [1.807, 2.05) is 36.4 Å². The van der Waals surface area contributed by atoms with Crippen LogP contribution in [-0.2, 0) is 20.9 Å². The molecule has 6 heteroatoms. The standard InChI is InChI=1S/C26H25NO5/c1-27(15-25(28)31-16-18-11-13-19(30-2)14-12-18)26(29)32-17-24-22-9-5-3-7-20(22)21-8-4-6-10-23(21)24/h3-14,24H,15-17H2,1-2H3. The van der Waals surface area contributed by atoms with Gasteiger partial charge in [0.15, 0.2) is 0 Å². The van der Waals surface area contributed by atoms with E-state index in [0.717, 1.165) is 22.4 Å². The second-order valence-electron chi connectivity index (χ2n) is 7.67.